The first-order valence-electron chi connectivity index (χ1n) is 9.01. The number of ether oxygens (including phenoxy) is 2. The largest absolute Gasteiger partial charge is 0.493 e. The maximum Gasteiger partial charge on any atom is 0.326 e. The zero-order valence-electron chi connectivity index (χ0n) is 17.5. The lowest BCUT2D eigenvalue weighted by Gasteiger charge is -2.22. The van der Waals surface area contributed by atoms with Crippen LogP contribution >= 0.6 is 0 Å². The van der Waals surface area contributed by atoms with Gasteiger partial charge in [0.05, 0.1) is 25.5 Å². The summed E-state index contributed by atoms with van der Waals surface area (Å²) in [4.78, 5) is 36.8. The predicted octanol–water partition coefficient (Wildman–Crippen LogP) is 2.92. The molecular weight excluding hydrogens is 364 g/mol. The number of aliphatic carboxylic acids is 1. The zero-order valence-corrected chi connectivity index (χ0v) is 17.5. The number of carbonyl (C=O) groups excluding carboxylic acids is 2. The molecule has 156 valence electrons. The third-order valence-corrected chi connectivity index (χ3v) is 4.01. The molecule has 1 aromatic carbocycles. The van der Waals surface area contributed by atoms with Crippen molar-refractivity contribution in [3.8, 4) is 11.5 Å². The normalized spacial score (nSPS) is 12.3. The van der Waals surface area contributed by atoms with Gasteiger partial charge in [0.25, 0.3) is 5.91 Å². The first-order chi connectivity index (χ1) is 12.9. The first kappa shape index (κ1) is 23.3. The van der Waals surface area contributed by atoms with Crippen LogP contribution in [0, 0.1) is 11.3 Å². The fourth-order valence-corrected chi connectivity index (χ4v) is 2.41. The van der Waals surface area contributed by atoms with E-state index in [2.05, 4.69) is 10.6 Å². The van der Waals surface area contributed by atoms with Gasteiger partial charge in [-0.3, -0.25) is 9.59 Å². The van der Waals surface area contributed by atoms with Gasteiger partial charge in [0.1, 0.15) is 6.04 Å². The van der Waals surface area contributed by atoms with E-state index in [4.69, 9.17) is 9.47 Å². The van der Waals surface area contributed by atoms with Crippen LogP contribution in [0.3, 0.4) is 0 Å². The Balaban J connectivity index is 3.34. The van der Waals surface area contributed by atoms with Gasteiger partial charge in [0.15, 0.2) is 11.5 Å². The number of anilines is 1. The van der Waals surface area contributed by atoms with E-state index in [-0.39, 0.29) is 35.2 Å². The van der Waals surface area contributed by atoms with E-state index in [1.54, 1.807) is 20.8 Å². The summed E-state index contributed by atoms with van der Waals surface area (Å²) < 4.78 is 10.5. The van der Waals surface area contributed by atoms with Gasteiger partial charge >= 0.3 is 5.97 Å². The molecule has 2 amide bonds. The minimum atomic E-state index is -1.12. The lowest BCUT2D eigenvalue weighted by Crippen LogP contribution is -2.42. The lowest BCUT2D eigenvalue weighted by molar-refractivity contribution is -0.139. The van der Waals surface area contributed by atoms with Crippen molar-refractivity contribution in [1.29, 1.82) is 0 Å². The van der Waals surface area contributed by atoms with Crippen LogP contribution < -0.4 is 20.1 Å². The number of carboxylic acid groups (broad SMARTS) is 1. The molecule has 0 aromatic heterocycles. The van der Waals surface area contributed by atoms with E-state index in [0.717, 1.165) is 0 Å². The number of amides is 2. The van der Waals surface area contributed by atoms with Gasteiger partial charge in [-0.15, -0.1) is 0 Å². The van der Waals surface area contributed by atoms with Crippen LogP contribution in [-0.2, 0) is 9.59 Å². The van der Waals surface area contributed by atoms with Gasteiger partial charge < -0.3 is 25.2 Å². The van der Waals surface area contributed by atoms with Crippen LogP contribution in [0.5, 0.6) is 11.5 Å². The highest BCUT2D eigenvalue weighted by Crippen LogP contribution is 2.34. The maximum absolute atomic E-state index is 12.8. The van der Waals surface area contributed by atoms with Crippen LogP contribution in [0.1, 0.15) is 51.4 Å². The van der Waals surface area contributed by atoms with Crippen molar-refractivity contribution in [1.82, 2.24) is 5.32 Å². The standard InChI is InChI=1S/C20H30N2O6/c1-11(2)8-14(18(24)25)21-17(23)12-9-15(27-6)16(28-7)10-13(12)22-19(26)20(3,4)5/h9-11,14H,8H2,1-7H3,(H,21,23)(H,22,26)(H,24,25)/t14-/m1/s1. The molecule has 0 aliphatic heterocycles. The van der Waals surface area contributed by atoms with Crippen molar-refractivity contribution < 1.29 is 29.0 Å². The molecule has 28 heavy (non-hydrogen) atoms. The van der Waals surface area contributed by atoms with E-state index >= 15 is 0 Å². The Labute approximate surface area is 165 Å². The average Bonchev–Trinajstić information content (AvgIpc) is 2.59. The third-order valence-electron chi connectivity index (χ3n) is 4.01. The summed E-state index contributed by atoms with van der Waals surface area (Å²) in [7, 11) is 2.86. The number of methoxy groups -OCH3 is 2. The second kappa shape index (κ2) is 9.43. The van der Waals surface area contributed by atoms with Crippen molar-refractivity contribution in [2.45, 2.75) is 47.1 Å². The van der Waals surface area contributed by atoms with Gasteiger partial charge in [-0.1, -0.05) is 34.6 Å². The summed E-state index contributed by atoms with van der Waals surface area (Å²) in [5.74, 6) is -1.35. The molecular formula is C20H30N2O6. The SMILES string of the molecule is COc1cc(NC(=O)C(C)(C)C)c(C(=O)N[C@H](CC(C)C)C(=O)O)cc1OC. The van der Waals surface area contributed by atoms with Crippen molar-refractivity contribution in [2.75, 3.05) is 19.5 Å². The first-order valence-corrected chi connectivity index (χ1v) is 9.01. The summed E-state index contributed by atoms with van der Waals surface area (Å²) in [5, 5.41) is 14.6. The Bertz CT molecular complexity index is 737. The number of rotatable bonds is 8. The highest BCUT2D eigenvalue weighted by molar-refractivity contribution is 6.06. The molecule has 0 unspecified atom stereocenters. The number of hydrogen-bond donors (Lipinski definition) is 3. The van der Waals surface area contributed by atoms with E-state index in [0.29, 0.717) is 5.75 Å². The van der Waals surface area contributed by atoms with Crippen LogP contribution in [0.25, 0.3) is 0 Å². The molecule has 0 spiro atoms. The van der Waals surface area contributed by atoms with Crippen molar-refractivity contribution >= 4 is 23.5 Å². The molecule has 8 heteroatoms. The molecule has 1 aromatic rings. The Morgan fingerprint density at radius 3 is 2.04 bits per heavy atom. The van der Waals surface area contributed by atoms with Crippen molar-refractivity contribution in [2.24, 2.45) is 11.3 Å². The molecule has 8 nitrogen and oxygen atoms in total. The molecule has 1 atom stereocenters. The van der Waals surface area contributed by atoms with Crippen molar-refractivity contribution in [3.05, 3.63) is 17.7 Å². The quantitative estimate of drug-likeness (QED) is 0.625. The molecule has 0 aliphatic carbocycles. The Morgan fingerprint density at radius 1 is 1.07 bits per heavy atom. The highest BCUT2D eigenvalue weighted by Gasteiger charge is 2.27. The fraction of sp³-hybridized carbons (Fsp3) is 0.550. The Morgan fingerprint density at radius 2 is 1.61 bits per heavy atom. The molecule has 0 fully saturated rings. The number of carbonyl (C=O) groups is 3. The summed E-state index contributed by atoms with van der Waals surface area (Å²) in [6.45, 7) is 8.96. The van der Waals surface area contributed by atoms with Crippen LogP contribution in [0.15, 0.2) is 12.1 Å². The average molecular weight is 394 g/mol. The Hall–Kier alpha value is -2.77. The van der Waals surface area contributed by atoms with Gasteiger partial charge in [-0.25, -0.2) is 4.79 Å². The molecule has 1 rings (SSSR count). The molecule has 0 aliphatic rings. The summed E-state index contributed by atoms with van der Waals surface area (Å²) in [5.41, 5.74) is -0.392. The minimum Gasteiger partial charge on any atom is -0.493 e. The second-order valence-corrected chi connectivity index (χ2v) is 7.95. The predicted molar refractivity (Wildman–Crippen MR) is 106 cm³/mol. The third kappa shape index (κ3) is 6.14. The highest BCUT2D eigenvalue weighted by atomic mass is 16.5. The topological polar surface area (TPSA) is 114 Å². The lowest BCUT2D eigenvalue weighted by atomic mass is 9.95. The van der Waals surface area contributed by atoms with Crippen LogP contribution in [-0.4, -0.2) is 43.2 Å². The summed E-state index contributed by atoms with van der Waals surface area (Å²) in [6, 6.07) is 1.85. The molecule has 0 saturated heterocycles. The molecule has 0 saturated carbocycles. The van der Waals surface area contributed by atoms with E-state index in [1.165, 1.54) is 26.4 Å². The molecule has 3 N–H and O–H groups in total. The molecule has 0 radical (unpaired) electrons. The van der Waals surface area contributed by atoms with E-state index in [9.17, 15) is 19.5 Å². The van der Waals surface area contributed by atoms with E-state index < -0.39 is 23.3 Å². The Kier molecular flexibility index (Phi) is 7.84. The van der Waals surface area contributed by atoms with E-state index in [1.807, 2.05) is 13.8 Å². The monoisotopic (exact) mass is 394 g/mol. The van der Waals surface area contributed by atoms with Gasteiger partial charge in [0, 0.05) is 11.5 Å². The van der Waals surface area contributed by atoms with Gasteiger partial charge in [-0.2, -0.15) is 0 Å². The number of carboxylic acids is 1. The van der Waals surface area contributed by atoms with Gasteiger partial charge in [-0.05, 0) is 18.4 Å². The zero-order chi connectivity index (χ0) is 21.6. The van der Waals surface area contributed by atoms with Crippen LogP contribution in [0.2, 0.25) is 0 Å². The molecule has 0 heterocycles. The number of nitrogens with one attached hydrogen (secondary N) is 2. The van der Waals surface area contributed by atoms with Crippen LogP contribution in [0.4, 0.5) is 5.69 Å². The second-order valence-electron chi connectivity index (χ2n) is 7.95. The number of benzene rings is 1. The smallest absolute Gasteiger partial charge is 0.326 e. The maximum atomic E-state index is 12.8. The number of hydrogen-bond acceptors (Lipinski definition) is 5. The fourth-order valence-electron chi connectivity index (χ4n) is 2.41. The minimum absolute atomic E-state index is 0.0758. The van der Waals surface area contributed by atoms with Crippen molar-refractivity contribution in [3.63, 3.8) is 0 Å². The summed E-state index contributed by atoms with van der Waals surface area (Å²) >= 11 is 0. The summed E-state index contributed by atoms with van der Waals surface area (Å²) in [6.07, 6.45) is 0.276. The molecule has 0 bridgehead atoms. The van der Waals surface area contributed by atoms with Gasteiger partial charge in [0.2, 0.25) is 5.91 Å².